The van der Waals surface area contributed by atoms with E-state index in [9.17, 15) is 0 Å². The molecule has 4 heteroatoms. The first kappa shape index (κ1) is 31.1. The van der Waals surface area contributed by atoms with Crippen molar-refractivity contribution in [1.29, 1.82) is 0 Å². The number of benzene rings is 1. The van der Waals surface area contributed by atoms with Gasteiger partial charge in [0.15, 0.2) is 0 Å². The molecule has 1 rings (SSSR count). The van der Waals surface area contributed by atoms with Gasteiger partial charge in [0.05, 0.1) is 0 Å². The van der Waals surface area contributed by atoms with Gasteiger partial charge < -0.3 is 15.3 Å². The molecule has 0 fully saturated rings. The average molecular weight is 348 g/mol. The molecule has 110 valence electrons. The van der Waals surface area contributed by atoms with E-state index in [0.29, 0.717) is 0 Å². The second-order valence-corrected chi connectivity index (χ2v) is 2.31. The van der Waals surface area contributed by atoms with Gasteiger partial charge in [0.2, 0.25) is 0 Å². The molecule has 0 saturated carbocycles. The monoisotopic (exact) mass is 346 g/mol. The Kier molecular flexibility index (Phi) is 86.3. The first-order valence-corrected chi connectivity index (χ1v) is 5.80. The fourth-order valence-corrected chi connectivity index (χ4v) is 0.342. The Balaban J connectivity index is -0.0000000449. The van der Waals surface area contributed by atoms with E-state index in [1.54, 1.807) is 20.8 Å². The molecule has 0 spiro atoms. The van der Waals surface area contributed by atoms with E-state index in [-0.39, 0.29) is 46.0 Å². The van der Waals surface area contributed by atoms with Crippen LogP contribution in [0.5, 0.6) is 0 Å². The summed E-state index contributed by atoms with van der Waals surface area (Å²) in [5, 5.41) is 22.7. The minimum atomic E-state index is 0. The average Bonchev–Trinajstić information content (AvgIpc) is 2.35. The molecular weight excluding hydrogens is 319 g/mol. The van der Waals surface area contributed by atoms with Crippen molar-refractivity contribution in [2.24, 2.45) is 0 Å². The van der Waals surface area contributed by atoms with Crippen molar-refractivity contribution >= 4 is 0 Å². The van der Waals surface area contributed by atoms with E-state index in [0.717, 1.165) is 0 Å². The zero-order valence-electron chi connectivity index (χ0n) is 12.3. The van der Waals surface area contributed by atoms with Crippen LogP contribution >= 0.6 is 0 Å². The molecule has 0 atom stereocenters. The van der Waals surface area contributed by atoms with Crippen LogP contribution in [0.15, 0.2) is 43.0 Å². The SMILES string of the molecule is C=C[CH2-].CCO.CCO.CCO.[Zr+2].[c-]1ccccc1. The Labute approximate surface area is 138 Å². The summed E-state index contributed by atoms with van der Waals surface area (Å²) < 4.78 is 0. The van der Waals surface area contributed by atoms with Crippen LogP contribution in [0.25, 0.3) is 0 Å². The smallest absolute Gasteiger partial charge is 0.397 e. The minimum Gasteiger partial charge on any atom is -0.397 e. The molecule has 0 radical (unpaired) electrons. The number of allylic oxidation sites excluding steroid dienone is 1. The van der Waals surface area contributed by atoms with Crippen LogP contribution in [0, 0.1) is 13.0 Å². The van der Waals surface area contributed by atoms with Crippen molar-refractivity contribution in [3.63, 3.8) is 0 Å². The van der Waals surface area contributed by atoms with Crippen molar-refractivity contribution < 1.29 is 41.5 Å². The van der Waals surface area contributed by atoms with Crippen molar-refractivity contribution in [2.75, 3.05) is 19.8 Å². The van der Waals surface area contributed by atoms with Crippen LogP contribution in [0.4, 0.5) is 0 Å². The largest absolute Gasteiger partial charge is 2.00 e. The Bertz CT molecular complexity index is 151. The maximum Gasteiger partial charge on any atom is 2.00 e. The van der Waals surface area contributed by atoms with Gasteiger partial charge in [0.1, 0.15) is 0 Å². The molecule has 0 unspecified atom stereocenters. The van der Waals surface area contributed by atoms with Gasteiger partial charge in [0, 0.05) is 19.8 Å². The van der Waals surface area contributed by atoms with Crippen LogP contribution in [-0.4, -0.2) is 35.1 Å². The summed E-state index contributed by atoms with van der Waals surface area (Å²) in [6.07, 6.45) is 1.50. The summed E-state index contributed by atoms with van der Waals surface area (Å²) in [5.41, 5.74) is 0. The van der Waals surface area contributed by atoms with Crippen LogP contribution in [0.1, 0.15) is 20.8 Å². The first-order chi connectivity index (χ1) is 8.66. The maximum absolute atomic E-state index is 7.57. The summed E-state index contributed by atoms with van der Waals surface area (Å²) in [5.74, 6) is 0. The Morgan fingerprint density at radius 3 is 1.21 bits per heavy atom. The second-order valence-electron chi connectivity index (χ2n) is 2.31. The minimum absolute atomic E-state index is 0. The maximum atomic E-state index is 7.57. The van der Waals surface area contributed by atoms with E-state index in [4.69, 9.17) is 15.3 Å². The van der Waals surface area contributed by atoms with E-state index < -0.39 is 0 Å². The molecule has 3 nitrogen and oxygen atoms in total. The fraction of sp³-hybridized carbons (Fsp3) is 0.400. The van der Waals surface area contributed by atoms with Crippen molar-refractivity contribution in [2.45, 2.75) is 20.8 Å². The number of hydrogen-bond donors (Lipinski definition) is 3. The van der Waals surface area contributed by atoms with Gasteiger partial charge >= 0.3 is 26.2 Å². The molecule has 1 aromatic carbocycles. The Morgan fingerprint density at radius 2 is 1.16 bits per heavy atom. The van der Waals surface area contributed by atoms with Gasteiger partial charge in [-0.1, -0.05) is 0 Å². The standard InChI is InChI=1S/C6H5.C3H5.3C2H6O.Zr/c1-2-4-6-5-3-1;1-3-2;3*1-2-3;/h1-5H;3H,1-2H2;3*3H,2H2,1H3;/q2*-1;;;;+2. The zero-order chi connectivity index (χ0) is 15.1. The normalized spacial score (nSPS) is 6.00. The molecule has 1 aromatic rings. The number of aliphatic hydroxyl groups is 3. The third-order valence-electron chi connectivity index (χ3n) is 0.607. The van der Waals surface area contributed by atoms with Gasteiger partial charge in [-0.25, -0.2) is 19.6 Å². The first-order valence-electron chi connectivity index (χ1n) is 5.80. The summed E-state index contributed by atoms with van der Waals surface area (Å²) >= 11 is 0. The Hall–Kier alpha value is -0.407. The summed E-state index contributed by atoms with van der Waals surface area (Å²) in [7, 11) is 0. The summed E-state index contributed by atoms with van der Waals surface area (Å²) in [6.45, 7) is 12.3. The van der Waals surface area contributed by atoms with Gasteiger partial charge in [-0.05, 0) is 20.8 Å². The second kappa shape index (κ2) is 52.6. The molecule has 0 aliphatic carbocycles. The zero-order valence-corrected chi connectivity index (χ0v) is 14.8. The van der Waals surface area contributed by atoms with Crippen molar-refractivity contribution in [1.82, 2.24) is 0 Å². The molecule has 0 aliphatic heterocycles. The Morgan fingerprint density at radius 1 is 0.947 bits per heavy atom. The molecule has 0 heterocycles. The van der Waals surface area contributed by atoms with Gasteiger partial charge in [-0.15, -0.1) is 0 Å². The molecule has 0 aliphatic rings. The van der Waals surface area contributed by atoms with Crippen LogP contribution in [-0.2, 0) is 26.2 Å². The molecule has 3 N–H and O–H groups in total. The van der Waals surface area contributed by atoms with Crippen LogP contribution < -0.4 is 0 Å². The van der Waals surface area contributed by atoms with E-state index >= 15 is 0 Å². The number of aliphatic hydroxyl groups excluding tert-OH is 3. The molecule has 0 saturated heterocycles. The van der Waals surface area contributed by atoms with Crippen molar-refractivity contribution in [3.8, 4) is 0 Å². The van der Waals surface area contributed by atoms with E-state index in [2.05, 4.69) is 19.6 Å². The van der Waals surface area contributed by atoms with Gasteiger partial charge in [-0.3, -0.25) is 0 Å². The summed E-state index contributed by atoms with van der Waals surface area (Å²) in [4.78, 5) is 0. The number of hydrogen-bond acceptors (Lipinski definition) is 3. The predicted molar refractivity (Wildman–Crippen MR) is 79.1 cm³/mol. The predicted octanol–water partition coefficient (Wildman–Crippen LogP) is 2.49. The fourth-order valence-electron chi connectivity index (χ4n) is 0.342. The van der Waals surface area contributed by atoms with E-state index in [1.807, 2.05) is 30.3 Å². The molecule has 19 heavy (non-hydrogen) atoms. The number of rotatable bonds is 0. The van der Waals surface area contributed by atoms with Gasteiger partial charge in [-0.2, -0.15) is 36.4 Å². The molecular formula is C15H28O3Zr. The van der Waals surface area contributed by atoms with Crippen molar-refractivity contribution in [3.05, 3.63) is 56.0 Å². The molecule has 0 amide bonds. The van der Waals surface area contributed by atoms with E-state index in [1.165, 1.54) is 6.08 Å². The van der Waals surface area contributed by atoms with Crippen LogP contribution in [0.3, 0.4) is 0 Å². The third-order valence-corrected chi connectivity index (χ3v) is 0.607. The quantitative estimate of drug-likeness (QED) is 0.632. The topological polar surface area (TPSA) is 60.7 Å². The third kappa shape index (κ3) is 137. The molecule has 0 bridgehead atoms. The molecule has 0 aromatic heterocycles. The summed E-state index contributed by atoms with van der Waals surface area (Å²) in [6, 6.07) is 12.5. The van der Waals surface area contributed by atoms with Crippen LogP contribution in [0.2, 0.25) is 0 Å². The van der Waals surface area contributed by atoms with Gasteiger partial charge in [0.25, 0.3) is 0 Å².